The Labute approximate surface area is 177 Å². The fraction of sp³-hybridized carbons (Fsp3) is 0.0435. The summed E-state index contributed by atoms with van der Waals surface area (Å²) in [6.07, 6.45) is 0. The minimum Gasteiger partial charge on any atom is -0.321 e. The number of halogens is 1. The van der Waals surface area contributed by atoms with Crippen molar-refractivity contribution in [2.45, 2.75) is 6.92 Å². The third-order valence-electron chi connectivity index (χ3n) is 4.33. The summed E-state index contributed by atoms with van der Waals surface area (Å²) >= 11 is 3.38. The number of hydrazine groups is 1. The summed E-state index contributed by atoms with van der Waals surface area (Å²) in [6.45, 7) is 5.80. The molecule has 0 atom stereocenters. The summed E-state index contributed by atoms with van der Waals surface area (Å²) < 4.78 is 0.955. The lowest BCUT2D eigenvalue weighted by atomic mass is 10.1. The molecule has 0 spiro atoms. The van der Waals surface area contributed by atoms with Gasteiger partial charge in [-0.15, -0.1) is 0 Å². The molecule has 2 amide bonds. The maximum absolute atomic E-state index is 12.7. The smallest absolute Gasteiger partial charge is 0.271 e. The maximum Gasteiger partial charge on any atom is 0.271 e. The lowest BCUT2D eigenvalue weighted by Gasteiger charge is -2.14. The van der Waals surface area contributed by atoms with Gasteiger partial charge in [-0.2, -0.15) is 0 Å². The van der Waals surface area contributed by atoms with E-state index in [1.54, 1.807) is 36.4 Å². The minimum atomic E-state index is -0.385. The van der Waals surface area contributed by atoms with Crippen molar-refractivity contribution in [2.75, 3.05) is 5.32 Å². The predicted molar refractivity (Wildman–Crippen MR) is 119 cm³/mol. The average molecular weight is 450 g/mol. The quantitative estimate of drug-likeness (QED) is 0.468. The van der Waals surface area contributed by atoms with Crippen molar-refractivity contribution >= 4 is 39.1 Å². The fourth-order valence-electron chi connectivity index (χ4n) is 2.73. The summed E-state index contributed by atoms with van der Waals surface area (Å²) in [5.41, 5.74) is 9.02. The molecule has 0 aromatic heterocycles. The molecule has 5 nitrogen and oxygen atoms in total. The van der Waals surface area contributed by atoms with Gasteiger partial charge in [-0.3, -0.25) is 20.4 Å². The number of anilines is 1. The lowest BCUT2D eigenvalue weighted by molar-refractivity contribution is 0.0943. The van der Waals surface area contributed by atoms with E-state index in [2.05, 4.69) is 38.7 Å². The van der Waals surface area contributed by atoms with E-state index >= 15 is 0 Å². The Kier molecular flexibility index (Phi) is 6.46. The number of nitrogens with one attached hydrogen (secondary N) is 3. The lowest BCUT2D eigenvalue weighted by Crippen LogP contribution is -2.36. The second-order valence-electron chi connectivity index (χ2n) is 6.38. The Morgan fingerprint density at radius 2 is 1.41 bits per heavy atom. The Bertz CT molecular complexity index is 1060. The highest BCUT2D eigenvalue weighted by molar-refractivity contribution is 9.10. The molecule has 29 heavy (non-hydrogen) atoms. The van der Waals surface area contributed by atoms with Gasteiger partial charge in [-0.05, 0) is 48.4 Å². The molecule has 0 saturated carbocycles. The molecule has 0 aliphatic rings. The first-order valence-corrected chi connectivity index (χ1v) is 9.72. The average Bonchev–Trinajstić information content (AvgIpc) is 2.73. The van der Waals surface area contributed by atoms with Crippen LogP contribution in [0.4, 0.5) is 5.69 Å². The SMILES string of the molecule is C=C(NNC(=O)c1ccccc1NC(=O)c1ccccc1C)c1ccc(Br)cc1. The van der Waals surface area contributed by atoms with Crippen molar-refractivity contribution in [3.63, 3.8) is 0 Å². The second-order valence-corrected chi connectivity index (χ2v) is 7.29. The summed E-state index contributed by atoms with van der Waals surface area (Å²) in [7, 11) is 0. The van der Waals surface area contributed by atoms with Gasteiger partial charge in [0, 0.05) is 10.0 Å². The van der Waals surface area contributed by atoms with Gasteiger partial charge in [0.05, 0.1) is 16.9 Å². The number of amides is 2. The number of para-hydroxylation sites is 1. The third-order valence-corrected chi connectivity index (χ3v) is 4.86. The van der Waals surface area contributed by atoms with E-state index < -0.39 is 0 Å². The molecule has 3 aromatic carbocycles. The fourth-order valence-corrected chi connectivity index (χ4v) is 2.99. The number of carbonyl (C=O) groups excluding carboxylic acids is 2. The van der Waals surface area contributed by atoms with E-state index in [4.69, 9.17) is 0 Å². The molecule has 3 N–H and O–H groups in total. The summed E-state index contributed by atoms with van der Waals surface area (Å²) in [6, 6.07) is 21.7. The molecule has 3 rings (SSSR count). The van der Waals surface area contributed by atoms with Gasteiger partial charge in [0.2, 0.25) is 0 Å². The minimum absolute atomic E-state index is 0.268. The van der Waals surface area contributed by atoms with Crippen LogP contribution in [0.5, 0.6) is 0 Å². The number of hydrogen-bond acceptors (Lipinski definition) is 3. The number of hydrogen-bond donors (Lipinski definition) is 3. The molecular weight excluding hydrogens is 430 g/mol. The molecule has 0 radical (unpaired) electrons. The number of aryl methyl sites for hydroxylation is 1. The number of rotatable bonds is 6. The van der Waals surface area contributed by atoms with Gasteiger partial charge in [0.15, 0.2) is 0 Å². The van der Waals surface area contributed by atoms with Gasteiger partial charge in [-0.25, -0.2) is 0 Å². The highest BCUT2D eigenvalue weighted by Crippen LogP contribution is 2.18. The van der Waals surface area contributed by atoms with Crippen molar-refractivity contribution in [2.24, 2.45) is 0 Å². The molecule has 0 aliphatic carbocycles. The van der Waals surface area contributed by atoms with Gasteiger partial charge in [-0.1, -0.05) is 65.0 Å². The van der Waals surface area contributed by atoms with Gasteiger partial charge in [0.25, 0.3) is 11.8 Å². The predicted octanol–water partition coefficient (Wildman–Crippen LogP) is 4.92. The summed E-state index contributed by atoms with van der Waals surface area (Å²) in [5.74, 6) is -0.653. The molecule has 6 heteroatoms. The van der Waals surface area contributed by atoms with Crippen LogP contribution in [0.2, 0.25) is 0 Å². The van der Waals surface area contributed by atoms with E-state index in [9.17, 15) is 9.59 Å². The molecule has 0 heterocycles. The molecule has 0 unspecified atom stereocenters. The maximum atomic E-state index is 12.7. The zero-order chi connectivity index (χ0) is 20.8. The Hall–Kier alpha value is -3.38. The van der Waals surface area contributed by atoms with Crippen LogP contribution in [-0.2, 0) is 0 Å². The van der Waals surface area contributed by atoms with Crippen LogP contribution in [-0.4, -0.2) is 11.8 Å². The van der Waals surface area contributed by atoms with Crippen molar-refractivity contribution in [3.8, 4) is 0 Å². The molecule has 0 aliphatic heterocycles. The highest BCUT2D eigenvalue weighted by Gasteiger charge is 2.15. The first-order valence-electron chi connectivity index (χ1n) is 8.93. The van der Waals surface area contributed by atoms with Crippen LogP contribution in [0.25, 0.3) is 5.70 Å². The van der Waals surface area contributed by atoms with E-state index in [0.717, 1.165) is 15.6 Å². The third kappa shape index (κ3) is 5.12. The van der Waals surface area contributed by atoms with Gasteiger partial charge in [0.1, 0.15) is 0 Å². The Balaban J connectivity index is 1.70. The highest BCUT2D eigenvalue weighted by atomic mass is 79.9. The normalized spacial score (nSPS) is 10.1. The van der Waals surface area contributed by atoms with Crippen LogP contribution < -0.4 is 16.2 Å². The molecule has 0 fully saturated rings. The first kappa shape index (κ1) is 20.4. The van der Waals surface area contributed by atoms with Crippen molar-refractivity contribution in [1.82, 2.24) is 10.9 Å². The van der Waals surface area contributed by atoms with Crippen molar-refractivity contribution in [3.05, 3.63) is 106 Å². The van der Waals surface area contributed by atoms with Crippen LogP contribution in [0.1, 0.15) is 31.8 Å². The van der Waals surface area contributed by atoms with Gasteiger partial charge >= 0.3 is 0 Å². The van der Waals surface area contributed by atoms with Gasteiger partial charge < -0.3 is 5.32 Å². The number of carbonyl (C=O) groups is 2. The van der Waals surface area contributed by atoms with Crippen LogP contribution in [0, 0.1) is 6.92 Å². The topological polar surface area (TPSA) is 70.2 Å². The van der Waals surface area contributed by atoms with E-state index in [1.165, 1.54) is 0 Å². The summed E-state index contributed by atoms with van der Waals surface area (Å²) in [5, 5.41) is 2.82. The molecule has 0 bridgehead atoms. The van der Waals surface area contributed by atoms with Crippen molar-refractivity contribution in [1.29, 1.82) is 0 Å². The molecule has 3 aromatic rings. The van der Waals surface area contributed by atoms with Crippen LogP contribution >= 0.6 is 15.9 Å². The second kappa shape index (κ2) is 9.21. The molecule has 0 saturated heterocycles. The number of benzene rings is 3. The summed E-state index contributed by atoms with van der Waals surface area (Å²) in [4.78, 5) is 25.3. The molecular formula is C23H20BrN3O2. The Morgan fingerprint density at radius 1 is 0.793 bits per heavy atom. The zero-order valence-electron chi connectivity index (χ0n) is 15.8. The Morgan fingerprint density at radius 3 is 2.10 bits per heavy atom. The molecule has 146 valence electrons. The standard InChI is InChI=1S/C23H20BrN3O2/c1-15-7-3-4-8-19(15)22(28)25-21-10-6-5-9-20(21)23(29)27-26-16(2)17-11-13-18(24)14-12-17/h3-14,26H,2H2,1H3,(H,25,28)(H,27,29). The monoisotopic (exact) mass is 449 g/mol. The van der Waals surface area contributed by atoms with E-state index in [-0.39, 0.29) is 11.8 Å². The largest absolute Gasteiger partial charge is 0.321 e. The van der Waals surface area contributed by atoms with E-state index in [1.807, 2.05) is 43.3 Å². The van der Waals surface area contributed by atoms with E-state index in [0.29, 0.717) is 22.5 Å². The van der Waals surface area contributed by atoms with Crippen molar-refractivity contribution < 1.29 is 9.59 Å². The van der Waals surface area contributed by atoms with Crippen LogP contribution in [0.3, 0.4) is 0 Å². The first-order chi connectivity index (χ1) is 14.0. The zero-order valence-corrected chi connectivity index (χ0v) is 17.4. The van der Waals surface area contributed by atoms with Crippen LogP contribution in [0.15, 0.2) is 83.8 Å².